The van der Waals surface area contributed by atoms with Crippen LogP contribution in [0.15, 0.2) is 11.6 Å². The molecule has 0 aliphatic heterocycles. The standard InChI is InChI=1S/C9H12O/c1-5-3-4-7-6(2)9(10)8(5)7/h3,6-8H,4H2,1-2H3/t6-,7-,8-/m1/s1. The molecule has 2 aliphatic rings. The van der Waals surface area contributed by atoms with Crippen LogP contribution >= 0.6 is 0 Å². The zero-order chi connectivity index (χ0) is 7.30. The lowest BCUT2D eigenvalue weighted by Crippen LogP contribution is -2.43. The molecule has 3 atom stereocenters. The summed E-state index contributed by atoms with van der Waals surface area (Å²) in [6, 6.07) is 0. The van der Waals surface area contributed by atoms with Crippen LogP contribution in [0.2, 0.25) is 0 Å². The van der Waals surface area contributed by atoms with E-state index in [9.17, 15) is 4.79 Å². The number of fused-ring (bicyclic) bond motifs is 1. The number of rotatable bonds is 0. The summed E-state index contributed by atoms with van der Waals surface area (Å²) < 4.78 is 0. The average molecular weight is 136 g/mol. The normalized spacial score (nSPS) is 44.4. The van der Waals surface area contributed by atoms with Gasteiger partial charge in [-0.15, -0.1) is 0 Å². The van der Waals surface area contributed by atoms with Crippen LogP contribution in [-0.4, -0.2) is 5.78 Å². The van der Waals surface area contributed by atoms with E-state index in [1.54, 1.807) is 0 Å². The Morgan fingerprint density at radius 3 is 2.90 bits per heavy atom. The van der Waals surface area contributed by atoms with Gasteiger partial charge in [0.1, 0.15) is 5.78 Å². The quantitative estimate of drug-likeness (QED) is 0.464. The van der Waals surface area contributed by atoms with Gasteiger partial charge in [0.2, 0.25) is 0 Å². The van der Waals surface area contributed by atoms with E-state index in [1.165, 1.54) is 5.57 Å². The number of Topliss-reactive ketones (excluding diaryl/α,β-unsaturated/α-hetero) is 1. The molecule has 0 heterocycles. The van der Waals surface area contributed by atoms with Gasteiger partial charge in [0.25, 0.3) is 0 Å². The second-order valence-corrected chi connectivity index (χ2v) is 3.52. The highest BCUT2D eigenvalue weighted by Gasteiger charge is 2.49. The van der Waals surface area contributed by atoms with Crippen LogP contribution in [0, 0.1) is 17.8 Å². The SMILES string of the molecule is CC1=CC[C@H]2[C@@H]1C(=O)[C@@H]2C. The largest absolute Gasteiger partial charge is 0.299 e. The monoisotopic (exact) mass is 136 g/mol. The average Bonchev–Trinajstić information content (AvgIpc) is 2.27. The molecule has 1 heteroatoms. The maximum absolute atomic E-state index is 11.2. The van der Waals surface area contributed by atoms with Crippen molar-refractivity contribution >= 4 is 5.78 Å². The Morgan fingerprint density at radius 2 is 2.30 bits per heavy atom. The van der Waals surface area contributed by atoms with Crippen LogP contribution in [0.25, 0.3) is 0 Å². The maximum Gasteiger partial charge on any atom is 0.143 e. The summed E-state index contributed by atoms with van der Waals surface area (Å²) in [6.45, 7) is 4.13. The van der Waals surface area contributed by atoms with E-state index in [0.29, 0.717) is 23.5 Å². The highest BCUT2D eigenvalue weighted by Crippen LogP contribution is 2.47. The Balaban J connectivity index is 2.23. The number of carbonyl (C=O) groups excluding carboxylic acids is 1. The summed E-state index contributed by atoms with van der Waals surface area (Å²) in [4.78, 5) is 11.2. The Labute approximate surface area is 61.1 Å². The molecule has 0 aromatic heterocycles. The number of ketones is 1. The number of carbonyl (C=O) groups is 1. The highest BCUT2D eigenvalue weighted by molar-refractivity contribution is 5.93. The molecule has 0 aromatic carbocycles. The van der Waals surface area contributed by atoms with Crippen molar-refractivity contribution < 1.29 is 4.79 Å². The van der Waals surface area contributed by atoms with Crippen LogP contribution in [0.4, 0.5) is 0 Å². The van der Waals surface area contributed by atoms with Crippen LogP contribution < -0.4 is 0 Å². The number of allylic oxidation sites excluding steroid dienone is 2. The van der Waals surface area contributed by atoms with Gasteiger partial charge in [-0.2, -0.15) is 0 Å². The lowest BCUT2D eigenvalue weighted by molar-refractivity contribution is -0.138. The molecule has 10 heavy (non-hydrogen) atoms. The molecule has 1 nitrogen and oxygen atoms in total. The molecule has 54 valence electrons. The van der Waals surface area contributed by atoms with Crippen molar-refractivity contribution in [1.29, 1.82) is 0 Å². The molecule has 0 amide bonds. The number of hydrogen-bond acceptors (Lipinski definition) is 1. The molecule has 0 spiro atoms. The van der Waals surface area contributed by atoms with Crippen molar-refractivity contribution in [2.24, 2.45) is 17.8 Å². The lowest BCUT2D eigenvalue weighted by Gasteiger charge is -2.37. The van der Waals surface area contributed by atoms with Gasteiger partial charge in [-0.05, 0) is 19.3 Å². The summed E-state index contributed by atoms with van der Waals surface area (Å²) in [5.74, 6) is 1.82. The minimum atomic E-state index is 0.329. The first-order valence-corrected chi connectivity index (χ1v) is 3.92. The fourth-order valence-corrected chi connectivity index (χ4v) is 2.23. The minimum Gasteiger partial charge on any atom is -0.299 e. The highest BCUT2D eigenvalue weighted by atomic mass is 16.1. The molecule has 0 bridgehead atoms. The fourth-order valence-electron chi connectivity index (χ4n) is 2.23. The van der Waals surface area contributed by atoms with Gasteiger partial charge in [-0.25, -0.2) is 0 Å². The summed E-state index contributed by atoms with van der Waals surface area (Å²) in [7, 11) is 0. The smallest absolute Gasteiger partial charge is 0.143 e. The lowest BCUT2D eigenvalue weighted by atomic mass is 9.64. The van der Waals surface area contributed by atoms with E-state index < -0.39 is 0 Å². The number of hydrogen-bond donors (Lipinski definition) is 0. The van der Waals surface area contributed by atoms with Gasteiger partial charge in [0, 0.05) is 11.8 Å². The van der Waals surface area contributed by atoms with Crippen LogP contribution in [0.1, 0.15) is 20.3 Å². The zero-order valence-electron chi connectivity index (χ0n) is 6.42. The Hall–Kier alpha value is -0.590. The molecule has 0 aromatic rings. The predicted octanol–water partition coefficient (Wildman–Crippen LogP) is 1.79. The van der Waals surface area contributed by atoms with E-state index in [0.717, 1.165) is 6.42 Å². The van der Waals surface area contributed by atoms with Crippen molar-refractivity contribution in [3.8, 4) is 0 Å². The van der Waals surface area contributed by atoms with Crippen molar-refractivity contribution in [3.63, 3.8) is 0 Å². The topological polar surface area (TPSA) is 17.1 Å². The molecular weight excluding hydrogens is 124 g/mol. The van der Waals surface area contributed by atoms with Crippen LogP contribution in [-0.2, 0) is 4.79 Å². The predicted molar refractivity (Wildman–Crippen MR) is 39.5 cm³/mol. The molecular formula is C9H12O. The molecule has 0 unspecified atom stereocenters. The van der Waals surface area contributed by atoms with E-state index in [-0.39, 0.29) is 0 Å². The van der Waals surface area contributed by atoms with Crippen molar-refractivity contribution in [2.45, 2.75) is 20.3 Å². The van der Waals surface area contributed by atoms with E-state index in [1.807, 2.05) is 0 Å². The van der Waals surface area contributed by atoms with Gasteiger partial charge in [0.05, 0.1) is 0 Å². The van der Waals surface area contributed by atoms with Crippen LogP contribution in [0.3, 0.4) is 0 Å². The third-order valence-electron chi connectivity index (χ3n) is 3.03. The molecule has 1 saturated carbocycles. The molecule has 0 N–H and O–H groups in total. The Bertz CT molecular complexity index is 215. The Kier molecular flexibility index (Phi) is 1.05. The fraction of sp³-hybridized carbons (Fsp3) is 0.667. The first-order valence-electron chi connectivity index (χ1n) is 3.92. The van der Waals surface area contributed by atoms with Crippen molar-refractivity contribution in [1.82, 2.24) is 0 Å². The zero-order valence-corrected chi connectivity index (χ0v) is 6.42. The van der Waals surface area contributed by atoms with Gasteiger partial charge in [0.15, 0.2) is 0 Å². The van der Waals surface area contributed by atoms with E-state index in [4.69, 9.17) is 0 Å². The second kappa shape index (κ2) is 1.71. The Morgan fingerprint density at radius 1 is 1.60 bits per heavy atom. The molecule has 2 rings (SSSR count). The maximum atomic E-state index is 11.2. The summed E-state index contributed by atoms with van der Waals surface area (Å²) in [6.07, 6.45) is 3.36. The molecule has 1 fully saturated rings. The van der Waals surface area contributed by atoms with Gasteiger partial charge < -0.3 is 0 Å². The third-order valence-corrected chi connectivity index (χ3v) is 3.03. The summed E-state index contributed by atoms with van der Waals surface area (Å²) >= 11 is 0. The van der Waals surface area contributed by atoms with Gasteiger partial charge in [-0.3, -0.25) is 4.79 Å². The molecule has 0 radical (unpaired) electrons. The molecule has 0 saturated heterocycles. The summed E-state index contributed by atoms with van der Waals surface area (Å²) in [5, 5.41) is 0. The first kappa shape index (κ1) is 6.14. The third kappa shape index (κ3) is 0.511. The van der Waals surface area contributed by atoms with Gasteiger partial charge >= 0.3 is 0 Å². The molecule has 2 aliphatic carbocycles. The summed E-state index contributed by atoms with van der Waals surface area (Å²) in [5.41, 5.74) is 1.31. The van der Waals surface area contributed by atoms with Gasteiger partial charge in [-0.1, -0.05) is 18.6 Å². The van der Waals surface area contributed by atoms with Crippen LogP contribution in [0.5, 0.6) is 0 Å². The minimum absolute atomic E-state index is 0.329. The van der Waals surface area contributed by atoms with E-state index in [2.05, 4.69) is 19.9 Å². The van der Waals surface area contributed by atoms with Crippen molar-refractivity contribution in [2.75, 3.05) is 0 Å². The first-order chi connectivity index (χ1) is 4.72. The second-order valence-electron chi connectivity index (χ2n) is 3.52. The van der Waals surface area contributed by atoms with Crippen molar-refractivity contribution in [3.05, 3.63) is 11.6 Å². The van der Waals surface area contributed by atoms with E-state index >= 15 is 0 Å².